The van der Waals surface area contributed by atoms with Crippen molar-refractivity contribution in [1.29, 1.82) is 0 Å². The van der Waals surface area contributed by atoms with Gasteiger partial charge >= 0.3 is 0 Å². The molecule has 0 saturated carbocycles. The summed E-state index contributed by atoms with van der Waals surface area (Å²) in [6.07, 6.45) is 5.58. The second-order valence-electron chi connectivity index (χ2n) is 30.7. The highest BCUT2D eigenvalue weighted by atomic mass is 16.4. The summed E-state index contributed by atoms with van der Waals surface area (Å²) < 4.78 is 123. The molecule has 1 aliphatic rings. The van der Waals surface area contributed by atoms with Crippen LogP contribution in [0.25, 0.3) is 133 Å². The van der Waals surface area contributed by atoms with Gasteiger partial charge in [-0.3, -0.25) is 0 Å². The van der Waals surface area contributed by atoms with Gasteiger partial charge in [-0.15, -0.1) is 0 Å². The maximum Gasteiger partial charge on any atom is 0.227 e. The molecule has 107 heavy (non-hydrogen) atoms. The number of hydrogen-bond acceptors (Lipinski definition) is 8. The number of rotatable bonds is 11. The maximum atomic E-state index is 8.59. The fourth-order valence-corrected chi connectivity index (χ4v) is 15.3. The number of fused-ring (bicyclic) bond motifs is 16. The fourth-order valence-electron chi connectivity index (χ4n) is 15.3. The molecular weight excluding hydrogens is 1320 g/mol. The third-order valence-corrected chi connectivity index (χ3v) is 20.5. The molecule has 1 atom stereocenters. The van der Waals surface area contributed by atoms with Gasteiger partial charge in [0.2, 0.25) is 45.6 Å². The average Bonchev–Trinajstić information content (AvgIpc) is 1.55. The Kier molecular flexibility index (Phi) is 16.5. The molecule has 0 N–H and O–H groups in total. The Hall–Kier alpha value is -10.7. The van der Waals surface area contributed by atoms with E-state index in [1.54, 1.807) is 19.3 Å². The molecule has 0 radical (unpaired) electrons. The average molecular weight is 1430 g/mol. The summed E-state index contributed by atoms with van der Waals surface area (Å²) in [5.74, 6) is -1.44. The van der Waals surface area contributed by atoms with Gasteiger partial charge in [0.15, 0.2) is 53.7 Å². The van der Waals surface area contributed by atoms with Gasteiger partial charge < -0.3 is 17.7 Å². The van der Waals surface area contributed by atoms with E-state index in [1.165, 1.54) is 22.4 Å². The van der Waals surface area contributed by atoms with Crippen LogP contribution in [-0.2, 0) is 53.3 Å². The van der Waals surface area contributed by atoms with Crippen molar-refractivity contribution in [2.24, 2.45) is 44.8 Å². The van der Waals surface area contributed by atoms with Crippen molar-refractivity contribution in [2.75, 3.05) is 0 Å². The van der Waals surface area contributed by atoms with E-state index in [1.807, 2.05) is 143 Å². The molecule has 1 aliphatic heterocycles. The van der Waals surface area contributed by atoms with Crippen LogP contribution in [-0.4, -0.2) is 19.9 Å². The fraction of sp³-hybridized carbons (Fsp3) is 0.326. The van der Waals surface area contributed by atoms with Crippen LogP contribution in [0.5, 0.6) is 0 Å². The van der Waals surface area contributed by atoms with E-state index in [2.05, 4.69) is 154 Å². The van der Waals surface area contributed by atoms with Gasteiger partial charge in [-0.1, -0.05) is 97.8 Å². The molecule has 0 fully saturated rings. The highest BCUT2D eigenvalue weighted by Crippen LogP contribution is 2.43. The Bertz CT molecular complexity index is 6720. The van der Waals surface area contributed by atoms with Crippen LogP contribution in [0.2, 0.25) is 0 Å². The van der Waals surface area contributed by atoms with Gasteiger partial charge in [0.1, 0.15) is 21.1 Å². The van der Waals surface area contributed by atoms with Gasteiger partial charge in [0.05, 0.1) is 22.3 Å². The minimum atomic E-state index is -2.78. The minimum absolute atomic E-state index is 0.109. The topological polar surface area (TPSA) is 120 Å². The third-order valence-electron chi connectivity index (χ3n) is 20.5. The zero-order valence-electron chi connectivity index (χ0n) is 76.4. The van der Waals surface area contributed by atoms with E-state index in [9.17, 15) is 0 Å². The predicted octanol–water partition coefficient (Wildman–Crippen LogP) is 21.9. The molecule has 0 bridgehead atoms. The Morgan fingerprint density at radius 2 is 0.720 bits per heavy atom. The van der Waals surface area contributed by atoms with Crippen molar-refractivity contribution >= 4 is 88.3 Å². The molecule has 1 unspecified atom stereocenters. The van der Waals surface area contributed by atoms with Crippen LogP contribution < -0.4 is 18.3 Å². The number of nitrogens with zero attached hydrogens (tertiary/aromatic N) is 8. The molecule has 0 spiro atoms. The first-order chi connectivity index (χ1) is 55.3. The quantitative estimate of drug-likeness (QED) is 0.117. The molecule has 0 aliphatic carbocycles. The number of furan rings is 4. The first-order valence-electron chi connectivity index (χ1n) is 42.6. The predicted molar refractivity (Wildman–Crippen MR) is 437 cm³/mol. The summed E-state index contributed by atoms with van der Waals surface area (Å²) in [7, 11) is 5.98. The van der Waals surface area contributed by atoms with Gasteiger partial charge in [-0.2, -0.15) is 4.57 Å². The molecule has 13 heterocycles. The summed E-state index contributed by atoms with van der Waals surface area (Å²) in [5.41, 5.74) is 28.6. The highest BCUT2D eigenvalue weighted by molar-refractivity contribution is 6.12. The second kappa shape index (κ2) is 29.2. The van der Waals surface area contributed by atoms with Crippen molar-refractivity contribution in [3.8, 4) is 45.0 Å². The summed E-state index contributed by atoms with van der Waals surface area (Å²) in [6.45, 7) is 29.4. The van der Waals surface area contributed by atoms with Crippen LogP contribution in [0.1, 0.15) is 160 Å². The molecule has 4 aromatic carbocycles. The summed E-state index contributed by atoms with van der Waals surface area (Å²) in [5, 5.41) is 8.19. The maximum absolute atomic E-state index is 8.59. The Labute approximate surface area is 645 Å². The molecule has 544 valence electrons. The van der Waals surface area contributed by atoms with Gasteiger partial charge in [0.25, 0.3) is 0 Å². The summed E-state index contributed by atoms with van der Waals surface area (Å²) >= 11 is 0. The molecule has 0 saturated heterocycles. The van der Waals surface area contributed by atoms with E-state index in [4.69, 9.17) is 32.7 Å². The van der Waals surface area contributed by atoms with Crippen LogP contribution in [0, 0.1) is 99.7 Å². The molecule has 0 amide bonds. The monoisotopic (exact) mass is 1430 g/mol. The smallest absolute Gasteiger partial charge is 0.227 e. The highest BCUT2D eigenvalue weighted by Gasteiger charge is 2.33. The zero-order valence-corrected chi connectivity index (χ0v) is 65.4. The lowest BCUT2D eigenvalue weighted by Crippen LogP contribution is -2.33. The molecule has 17 rings (SSSR count). The van der Waals surface area contributed by atoms with Crippen molar-refractivity contribution in [2.45, 2.75) is 164 Å². The lowest BCUT2D eigenvalue weighted by Gasteiger charge is -2.11. The van der Waals surface area contributed by atoms with Gasteiger partial charge in [-0.05, 0) is 219 Å². The summed E-state index contributed by atoms with van der Waals surface area (Å²) in [6, 6.07) is 41.3. The Morgan fingerprint density at radius 3 is 1.12 bits per heavy atom. The minimum Gasteiger partial charge on any atom is -0.437 e. The Morgan fingerprint density at radius 1 is 0.364 bits per heavy atom. The largest absolute Gasteiger partial charge is 0.437 e. The number of aryl methyl sites for hydroxylation is 14. The van der Waals surface area contributed by atoms with Gasteiger partial charge in [-0.25, -0.2) is 33.6 Å². The summed E-state index contributed by atoms with van der Waals surface area (Å²) in [4.78, 5) is 18.2. The van der Waals surface area contributed by atoms with Crippen molar-refractivity contribution in [1.82, 2.24) is 19.9 Å². The van der Waals surface area contributed by atoms with Crippen molar-refractivity contribution in [3.05, 3.63) is 236 Å². The number of hydrogen-bond donors (Lipinski definition) is 0. The van der Waals surface area contributed by atoms with E-state index in [0.29, 0.717) is 58.8 Å². The van der Waals surface area contributed by atoms with Crippen LogP contribution in [0.4, 0.5) is 0 Å². The standard InChI is InChI=1S/3C24H27N2O.C23H23N2O/c2*1-14(2)11-18-12-21(26(6)13-16(18)4)22-15(3)7-9-19-20-10-8-17(5)25-24(20)27-23(19)22;1-14(2)11-18-13-26(6)21(12-16(18)4)22-15(3)7-9-19-20-10-8-17(5)25-24(20)27-23(19)22;1-13(2)9-17-12-25-11-16-6-8-18-19-7-5-15(4)24-23(19)26-22(18)21(16)20(25)10-14(17)3/h3*7-10,12-14H,11H2,1-6H3;5-8,10,12-13H,9,11H2,1-4H3/q4*+1/i4D3;;11D2;1D3,9D2,13D. The van der Waals surface area contributed by atoms with Crippen LogP contribution in [0.3, 0.4) is 0 Å². The lowest BCUT2D eigenvalue weighted by atomic mass is 9.95. The first kappa shape index (κ1) is 60.4. The van der Waals surface area contributed by atoms with E-state index in [0.717, 1.165) is 174 Å². The van der Waals surface area contributed by atoms with Gasteiger partial charge in [0, 0.05) is 133 Å². The third kappa shape index (κ3) is 14.2. The lowest BCUT2D eigenvalue weighted by molar-refractivity contribution is -0.672. The number of benzene rings is 4. The van der Waals surface area contributed by atoms with E-state index >= 15 is 0 Å². The molecule has 12 heteroatoms. The SMILES string of the molecule is Cc1ccc2c(n1)oc1c(-c3cc(CC(C)C)c(C)c[n+]3C)c(C)ccc12.[2H]C([2H])([2H])C([2H])(C)C([2H])([2H])c1c[n+]2c(cc1C)-c1c(ccc3c1oc1nc(C)ccc13)C2.[2H]C([2H])([2H])c1c[n+](C)c(-c2c(C)ccc3c2oc2nc(C)ccc23)cc1CC(C)C.[2H]C([2H])(c1c[n+](C)c(-c2c(C)ccc3c2oc2nc(C)ccc23)cc1C)C(C)C. The van der Waals surface area contributed by atoms with Crippen LogP contribution >= 0.6 is 0 Å². The zero-order chi connectivity index (χ0) is 85.4. The second-order valence-corrected chi connectivity index (χ2v) is 30.7. The first-order valence-corrected chi connectivity index (χ1v) is 37.1. The number of aromatic nitrogens is 8. The van der Waals surface area contributed by atoms with Crippen molar-refractivity contribution in [3.63, 3.8) is 0 Å². The van der Waals surface area contributed by atoms with E-state index < -0.39 is 32.3 Å². The molecule has 16 aromatic rings. The molecule has 12 nitrogen and oxygen atoms in total. The van der Waals surface area contributed by atoms with Crippen LogP contribution in [0.15, 0.2) is 164 Å². The molecule has 12 aromatic heterocycles. The van der Waals surface area contributed by atoms with E-state index in [-0.39, 0.29) is 11.5 Å². The van der Waals surface area contributed by atoms with Crippen molar-refractivity contribution < 1.29 is 51.0 Å². The number of pyridine rings is 8. The Balaban J connectivity index is 0.000000130. The molecular formula is C95H104N8O4+4. The normalized spacial score (nSPS) is 14.7.